The number of carbonyl (C=O) groups is 1. The third-order valence-corrected chi connectivity index (χ3v) is 3.69. The van der Waals surface area contributed by atoms with Crippen LogP contribution in [0.5, 0.6) is 0 Å². The number of amides is 2. The molecule has 0 saturated carbocycles. The van der Waals surface area contributed by atoms with Gasteiger partial charge < -0.3 is 5.32 Å². The molecule has 1 rings (SSSR count). The van der Waals surface area contributed by atoms with Crippen LogP contribution in [0.15, 0.2) is 34.3 Å². The van der Waals surface area contributed by atoms with Gasteiger partial charge in [0.2, 0.25) is 0 Å². The predicted molar refractivity (Wildman–Crippen MR) is 73.5 cm³/mol. The number of carbonyl (C=O) groups excluding carboxylic acids is 1. The second-order valence-electron chi connectivity index (χ2n) is 3.98. The van der Waals surface area contributed by atoms with Crippen LogP contribution in [0.3, 0.4) is 0 Å². The quantitative estimate of drug-likeness (QED) is 0.359. The third kappa shape index (κ3) is 5.17. The first-order valence-electron chi connectivity index (χ1n) is 5.84. The average molecular weight is 297 g/mol. The normalized spacial score (nSPS) is 10.4. The van der Waals surface area contributed by atoms with Crippen molar-refractivity contribution in [3.05, 3.63) is 40.3 Å². The summed E-state index contributed by atoms with van der Waals surface area (Å²) in [5.74, 6) is 0. The highest BCUT2D eigenvalue weighted by Crippen LogP contribution is 2.09. The molecule has 0 fully saturated rings. The van der Waals surface area contributed by atoms with E-state index < -0.39 is 16.1 Å². The predicted octanol–water partition coefficient (Wildman–Crippen LogP) is 1.68. The summed E-state index contributed by atoms with van der Waals surface area (Å²) in [5, 5.41) is 5.66. The summed E-state index contributed by atoms with van der Waals surface area (Å²) in [6.45, 7) is 2.29. The minimum atomic E-state index is -3.87. The molecule has 9 heteroatoms. The Morgan fingerprint density at radius 1 is 1.35 bits per heavy atom. The highest BCUT2D eigenvalue weighted by molar-refractivity contribution is 7.90. The maximum atomic E-state index is 11.9. The molecule has 0 saturated heterocycles. The number of sulfonamides is 1. The summed E-state index contributed by atoms with van der Waals surface area (Å²) >= 11 is 0. The van der Waals surface area contributed by atoms with Gasteiger partial charge in [0, 0.05) is 18.0 Å². The second kappa shape index (κ2) is 7.37. The summed E-state index contributed by atoms with van der Waals surface area (Å²) in [4.78, 5) is 14.0. The number of nitrogens with one attached hydrogen (secondary N) is 2. The van der Waals surface area contributed by atoms with Crippen molar-refractivity contribution in [2.75, 3.05) is 13.1 Å². The average Bonchev–Trinajstić information content (AvgIpc) is 2.38. The van der Waals surface area contributed by atoms with Gasteiger partial charge in [0.1, 0.15) is 0 Å². The van der Waals surface area contributed by atoms with Gasteiger partial charge in [-0.25, -0.2) is 17.9 Å². The Morgan fingerprint density at radius 2 is 2.00 bits per heavy atom. The molecule has 8 nitrogen and oxygen atoms in total. The monoisotopic (exact) mass is 297 g/mol. The lowest BCUT2D eigenvalue weighted by molar-refractivity contribution is 0.246. The standard InChI is InChI=1S/C11H15N5O3S/c1-9-3-5-10(6-4-9)20(18,19)15-11(17)13-7-2-8-14-16-12/h3-6H,2,7-8H2,1H3,(H2,13,15,17). The van der Waals surface area contributed by atoms with Crippen molar-refractivity contribution in [1.82, 2.24) is 10.0 Å². The maximum absolute atomic E-state index is 11.9. The minimum Gasteiger partial charge on any atom is -0.337 e. The summed E-state index contributed by atoms with van der Waals surface area (Å²) in [7, 11) is -3.87. The van der Waals surface area contributed by atoms with Gasteiger partial charge in [-0.2, -0.15) is 0 Å². The van der Waals surface area contributed by atoms with Crippen LogP contribution >= 0.6 is 0 Å². The number of benzene rings is 1. The van der Waals surface area contributed by atoms with Crippen LogP contribution in [0.25, 0.3) is 10.4 Å². The highest BCUT2D eigenvalue weighted by Gasteiger charge is 2.16. The number of hydrogen-bond acceptors (Lipinski definition) is 4. The van der Waals surface area contributed by atoms with Crippen molar-refractivity contribution >= 4 is 16.1 Å². The molecule has 0 unspecified atom stereocenters. The van der Waals surface area contributed by atoms with E-state index in [2.05, 4.69) is 15.3 Å². The molecule has 0 bridgehead atoms. The van der Waals surface area contributed by atoms with Gasteiger partial charge in [0.05, 0.1) is 4.90 Å². The van der Waals surface area contributed by atoms with E-state index in [0.717, 1.165) is 5.56 Å². The Morgan fingerprint density at radius 3 is 2.60 bits per heavy atom. The highest BCUT2D eigenvalue weighted by atomic mass is 32.2. The summed E-state index contributed by atoms with van der Waals surface area (Å²) in [6, 6.07) is 5.32. The topological polar surface area (TPSA) is 124 Å². The molecule has 0 atom stereocenters. The molecule has 0 radical (unpaired) electrons. The van der Waals surface area contributed by atoms with Crippen LogP contribution in [0.4, 0.5) is 4.79 Å². The van der Waals surface area contributed by atoms with Crippen molar-refractivity contribution < 1.29 is 13.2 Å². The minimum absolute atomic E-state index is 0.0207. The first-order chi connectivity index (χ1) is 9.45. The van der Waals surface area contributed by atoms with E-state index in [0.29, 0.717) is 6.42 Å². The van der Waals surface area contributed by atoms with Crippen molar-refractivity contribution in [1.29, 1.82) is 0 Å². The molecular formula is C11H15N5O3S. The molecule has 0 aliphatic carbocycles. The van der Waals surface area contributed by atoms with E-state index in [1.54, 1.807) is 12.1 Å². The summed E-state index contributed by atoms with van der Waals surface area (Å²) < 4.78 is 25.6. The molecule has 0 aromatic heterocycles. The maximum Gasteiger partial charge on any atom is 0.328 e. The lowest BCUT2D eigenvalue weighted by atomic mass is 10.2. The van der Waals surface area contributed by atoms with Gasteiger partial charge in [-0.3, -0.25) is 0 Å². The van der Waals surface area contributed by atoms with E-state index in [1.807, 2.05) is 11.6 Å². The van der Waals surface area contributed by atoms with E-state index in [1.165, 1.54) is 12.1 Å². The van der Waals surface area contributed by atoms with Gasteiger partial charge in [0.15, 0.2) is 0 Å². The Hall–Kier alpha value is -2.25. The molecule has 0 aliphatic heterocycles. The Bertz CT molecular complexity index is 605. The fraction of sp³-hybridized carbons (Fsp3) is 0.364. The first-order valence-corrected chi connectivity index (χ1v) is 7.32. The van der Waals surface area contributed by atoms with E-state index in [-0.39, 0.29) is 18.0 Å². The van der Waals surface area contributed by atoms with Crippen LogP contribution < -0.4 is 10.0 Å². The second-order valence-corrected chi connectivity index (χ2v) is 5.66. The van der Waals surface area contributed by atoms with Gasteiger partial charge in [-0.1, -0.05) is 22.8 Å². The Balaban J connectivity index is 2.51. The van der Waals surface area contributed by atoms with Crippen molar-refractivity contribution in [3.63, 3.8) is 0 Å². The van der Waals surface area contributed by atoms with E-state index >= 15 is 0 Å². The molecule has 1 aromatic carbocycles. The first kappa shape index (κ1) is 15.8. The molecular weight excluding hydrogens is 282 g/mol. The third-order valence-electron chi connectivity index (χ3n) is 2.34. The van der Waals surface area contributed by atoms with Gasteiger partial charge in [0.25, 0.3) is 10.0 Å². The Kier molecular flexibility index (Phi) is 5.82. The molecule has 2 amide bonds. The van der Waals surface area contributed by atoms with Crippen LogP contribution in [-0.2, 0) is 10.0 Å². The van der Waals surface area contributed by atoms with Gasteiger partial charge >= 0.3 is 6.03 Å². The fourth-order valence-corrected chi connectivity index (χ4v) is 2.26. The number of hydrogen-bond donors (Lipinski definition) is 2. The van der Waals surface area contributed by atoms with E-state index in [4.69, 9.17) is 5.53 Å². The van der Waals surface area contributed by atoms with Crippen LogP contribution in [0.1, 0.15) is 12.0 Å². The number of rotatable bonds is 6. The van der Waals surface area contributed by atoms with Gasteiger partial charge in [-0.15, -0.1) is 0 Å². The zero-order valence-corrected chi connectivity index (χ0v) is 11.7. The Labute approximate surface area is 116 Å². The largest absolute Gasteiger partial charge is 0.337 e. The zero-order chi connectivity index (χ0) is 15.0. The molecule has 0 spiro atoms. The number of nitrogens with zero attached hydrogens (tertiary/aromatic N) is 3. The lowest BCUT2D eigenvalue weighted by Gasteiger charge is -2.08. The van der Waals surface area contributed by atoms with Crippen molar-refractivity contribution in [2.45, 2.75) is 18.2 Å². The molecule has 0 aliphatic rings. The SMILES string of the molecule is Cc1ccc(S(=O)(=O)NC(=O)NCCCN=[N+]=[N-])cc1. The number of azide groups is 1. The molecule has 108 valence electrons. The summed E-state index contributed by atoms with van der Waals surface area (Å²) in [6.07, 6.45) is 0.433. The van der Waals surface area contributed by atoms with Crippen molar-refractivity contribution in [2.24, 2.45) is 5.11 Å². The molecule has 0 heterocycles. The van der Waals surface area contributed by atoms with Crippen LogP contribution in [-0.4, -0.2) is 27.5 Å². The van der Waals surface area contributed by atoms with E-state index in [9.17, 15) is 13.2 Å². The molecule has 1 aromatic rings. The summed E-state index contributed by atoms with van der Waals surface area (Å²) in [5.41, 5.74) is 8.98. The van der Waals surface area contributed by atoms with Crippen LogP contribution in [0.2, 0.25) is 0 Å². The van der Waals surface area contributed by atoms with Gasteiger partial charge in [-0.05, 0) is 31.0 Å². The fourth-order valence-electron chi connectivity index (χ4n) is 1.33. The zero-order valence-electron chi connectivity index (χ0n) is 10.9. The van der Waals surface area contributed by atoms with Crippen molar-refractivity contribution in [3.8, 4) is 0 Å². The smallest absolute Gasteiger partial charge is 0.328 e. The molecule has 20 heavy (non-hydrogen) atoms. The lowest BCUT2D eigenvalue weighted by Crippen LogP contribution is -2.39. The number of aryl methyl sites for hydroxylation is 1. The van der Waals surface area contributed by atoms with Crippen LogP contribution in [0, 0.1) is 6.92 Å². The number of urea groups is 1. The molecule has 2 N–H and O–H groups in total.